The lowest BCUT2D eigenvalue weighted by atomic mass is 9.88. The predicted molar refractivity (Wildman–Crippen MR) is 108 cm³/mol. The van der Waals surface area contributed by atoms with E-state index in [1.54, 1.807) is 11.3 Å². The molecule has 3 nitrogen and oxygen atoms in total. The number of fused-ring (bicyclic) bond motifs is 4. The van der Waals surface area contributed by atoms with Gasteiger partial charge in [0.15, 0.2) is 0 Å². The molecule has 0 saturated heterocycles. The first kappa shape index (κ1) is 16.6. The fourth-order valence-corrected chi connectivity index (χ4v) is 5.39. The second kappa shape index (κ2) is 6.54. The van der Waals surface area contributed by atoms with Gasteiger partial charge in [0, 0.05) is 16.0 Å². The van der Waals surface area contributed by atoms with Gasteiger partial charge in [-0.2, -0.15) is 0 Å². The third-order valence-corrected chi connectivity index (χ3v) is 6.75. The number of ether oxygens (including phenoxy) is 1. The van der Waals surface area contributed by atoms with Crippen molar-refractivity contribution in [3.8, 4) is 16.2 Å². The summed E-state index contributed by atoms with van der Waals surface area (Å²) in [5.74, 6) is 0.934. The summed E-state index contributed by atoms with van der Waals surface area (Å²) in [4.78, 5) is 14.9. The van der Waals surface area contributed by atoms with E-state index in [0.29, 0.717) is 6.61 Å². The number of hydrogen-bond donors (Lipinski definition) is 1. The van der Waals surface area contributed by atoms with Crippen molar-refractivity contribution >= 4 is 17.2 Å². The van der Waals surface area contributed by atoms with Crippen molar-refractivity contribution in [2.45, 2.75) is 38.8 Å². The SMILES string of the molecule is Cc1cccc2c1-c1sc(C(=O)NC3CCCc4ccccc43)cc1CO2. The first-order valence-electron chi connectivity index (χ1n) is 9.45. The fraction of sp³-hybridized carbons (Fsp3) is 0.261. The lowest BCUT2D eigenvalue weighted by molar-refractivity contribution is 0.0937. The molecule has 0 bridgehead atoms. The fourth-order valence-electron chi connectivity index (χ4n) is 4.20. The molecule has 1 atom stereocenters. The quantitative estimate of drug-likeness (QED) is 0.649. The molecule has 2 aromatic carbocycles. The summed E-state index contributed by atoms with van der Waals surface area (Å²) in [5, 5.41) is 3.27. The van der Waals surface area contributed by atoms with Crippen LogP contribution in [0.5, 0.6) is 5.75 Å². The summed E-state index contributed by atoms with van der Waals surface area (Å²) in [5.41, 5.74) is 6.05. The summed E-state index contributed by atoms with van der Waals surface area (Å²) >= 11 is 1.58. The third-order valence-electron chi connectivity index (χ3n) is 5.55. The van der Waals surface area contributed by atoms with Gasteiger partial charge < -0.3 is 10.1 Å². The van der Waals surface area contributed by atoms with Crippen LogP contribution in [-0.4, -0.2) is 5.91 Å². The number of carbonyl (C=O) groups excluding carboxylic acids is 1. The van der Waals surface area contributed by atoms with Gasteiger partial charge in [0.05, 0.1) is 10.9 Å². The predicted octanol–water partition coefficient (Wildman–Crippen LogP) is 5.42. The van der Waals surface area contributed by atoms with Gasteiger partial charge in [-0.25, -0.2) is 0 Å². The number of hydrogen-bond acceptors (Lipinski definition) is 3. The molecule has 2 heterocycles. The molecule has 2 aliphatic rings. The van der Waals surface area contributed by atoms with E-state index in [-0.39, 0.29) is 11.9 Å². The Kier molecular flexibility index (Phi) is 4.01. The molecule has 0 fully saturated rings. The van der Waals surface area contributed by atoms with Crippen molar-refractivity contribution in [2.75, 3.05) is 0 Å². The summed E-state index contributed by atoms with van der Waals surface area (Å²) in [6, 6.07) is 16.7. The van der Waals surface area contributed by atoms with E-state index in [0.717, 1.165) is 41.0 Å². The maximum atomic E-state index is 13.0. The number of benzene rings is 2. The molecule has 4 heteroatoms. The third kappa shape index (κ3) is 2.85. The van der Waals surface area contributed by atoms with Crippen molar-refractivity contribution in [3.63, 3.8) is 0 Å². The molecule has 0 radical (unpaired) electrons. The van der Waals surface area contributed by atoms with E-state index < -0.39 is 0 Å². The van der Waals surface area contributed by atoms with Crippen molar-refractivity contribution in [2.24, 2.45) is 0 Å². The first-order chi connectivity index (χ1) is 13.2. The number of carbonyl (C=O) groups is 1. The van der Waals surface area contributed by atoms with Gasteiger partial charge in [0.2, 0.25) is 0 Å². The minimum absolute atomic E-state index is 0.0197. The second-order valence-electron chi connectivity index (χ2n) is 7.32. The van der Waals surface area contributed by atoms with Gasteiger partial charge in [-0.3, -0.25) is 4.79 Å². The number of thiophene rings is 1. The lowest BCUT2D eigenvalue weighted by Gasteiger charge is -2.26. The standard InChI is InChI=1S/C23H21NO2S/c1-14-6-4-11-19-21(14)22-16(13-26-19)12-20(27-22)23(25)24-18-10-5-8-15-7-2-3-9-17(15)18/h2-4,6-7,9,11-12,18H,5,8,10,13H2,1H3,(H,24,25). The van der Waals surface area contributed by atoms with Crippen LogP contribution in [0.2, 0.25) is 0 Å². The molecule has 136 valence electrons. The summed E-state index contributed by atoms with van der Waals surface area (Å²) in [6.07, 6.45) is 3.21. The first-order valence-corrected chi connectivity index (χ1v) is 10.3. The topological polar surface area (TPSA) is 38.3 Å². The largest absolute Gasteiger partial charge is 0.488 e. The smallest absolute Gasteiger partial charge is 0.261 e. The average molecular weight is 375 g/mol. The Morgan fingerprint density at radius 2 is 2.04 bits per heavy atom. The van der Waals surface area contributed by atoms with E-state index >= 15 is 0 Å². The molecule has 1 N–H and O–H groups in total. The van der Waals surface area contributed by atoms with Crippen molar-refractivity contribution in [3.05, 3.63) is 75.7 Å². The van der Waals surface area contributed by atoms with Crippen LogP contribution in [0.1, 0.15) is 50.8 Å². The van der Waals surface area contributed by atoms with Crippen molar-refractivity contribution < 1.29 is 9.53 Å². The van der Waals surface area contributed by atoms with Crippen LogP contribution in [0.3, 0.4) is 0 Å². The zero-order valence-electron chi connectivity index (χ0n) is 15.2. The Morgan fingerprint density at radius 3 is 2.96 bits per heavy atom. The van der Waals surface area contributed by atoms with Crippen LogP contribution >= 0.6 is 11.3 Å². The highest BCUT2D eigenvalue weighted by atomic mass is 32.1. The zero-order valence-corrected chi connectivity index (χ0v) is 16.1. The van der Waals surface area contributed by atoms with Crippen LogP contribution in [-0.2, 0) is 13.0 Å². The van der Waals surface area contributed by atoms with Gasteiger partial charge in [0.25, 0.3) is 5.91 Å². The van der Waals surface area contributed by atoms with Gasteiger partial charge >= 0.3 is 0 Å². The molecule has 1 aromatic heterocycles. The number of amides is 1. The Labute approximate surface area is 163 Å². The van der Waals surface area contributed by atoms with Crippen LogP contribution in [0.15, 0.2) is 48.5 Å². The average Bonchev–Trinajstić information content (AvgIpc) is 3.13. The van der Waals surface area contributed by atoms with Gasteiger partial charge in [0.1, 0.15) is 12.4 Å². The number of aryl methyl sites for hydroxylation is 2. The maximum absolute atomic E-state index is 13.0. The highest BCUT2D eigenvalue weighted by molar-refractivity contribution is 7.17. The Hall–Kier alpha value is -2.59. The second-order valence-corrected chi connectivity index (χ2v) is 8.37. The summed E-state index contributed by atoms with van der Waals surface area (Å²) in [7, 11) is 0. The van der Waals surface area contributed by atoms with Gasteiger partial charge in [-0.15, -0.1) is 11.3 Å². The summed E-state index contributed by atoms with van der Waals surface area (Å²) in [6.45, 7) is 2.62. The minimum Gasteiger partial charge on any atom is -0.488 e. The van der Waals surface area contributed by atoms with Crippen LogP contribution < -0.4 is 10.1 Å². The van der Waals surface area contributed by atoms with Crippen LogP contribution in [0, 0.1) is 6.92 Å². The van der Waals surface area contributed by atoms with Crippen LogP contribution in [0.4, 0.5) is 0 Å². The molecule has 5 rings (SSSR count). The number of nitrogens with one attached hydrogen (secondary N) is 1. The Bertz CT molecular complexity index is 1040. The Balaban J connectivity index is 1.44. The van der Waals surface area contributed by atoms with E-state index in [9.17, 15) is 4.79 Å². The highest BCUT2D eigenvalue weighted by Crippen LogP contribution is 2.44. The van der Waals surface area contributed by atoms with Crippen molar-refractivity contribution in [1.82, 2.24) is 5.32 Å². The molecule has 1 amide bonds. The van der Waals surface area contributed by atoms with E-state index in [1.807, 2.05) is 18.2 Å². The normalized spacial score (nSPS) is 17.3. The Morgan fingerprint density at radius 1 is 1.15 bits per heavy atom. The van der Waals surface area contributed by atoms with Gasteiger partial charge in [-0.05, 0) is 55.0 Å². The van der Waals surface area contributed by atoms with Gasteiger partial charge in [-0.1, -0.05) is 36.4 Å². The molecule has 1 aliphatic carbocycles. The summed E-state index contributed by atoms with van der Waals surface area (Å²) < 4.78 is 5.90. The van der Waals surface area contributed by atoms with E-state index in [4.69, 9.17) is 4.74 Å². The monoisotopic (exact) mass is 375 g/mol. The van der Waals surface area contributed by atoms with E-state index in [2.05, 4.69) is 42.6 Å². The minimum atomic E-state index is 0.0197. The lowest BCUT2D eigenvalue weighted by Crippen LogP contribution is -2.30. The number of rotatable bonds is 2. The van der Waals surface area contributed by atoms with E-state index in [1.165, 1.54) is 21.6 Å². The molecule has 27 heavy (non-hydrogen) atoms. The molecule has 1 unspecified atom stereocenters. The van der Waals surface area contributed by atoms with Crippen molar-refractivity contribution in [1.29, 1.82) is 0 Å². The molecule has 0 saturated carbocycles. The highest BCUT2D eigenvalue weighted by Gasteiger charge is 2.26. The van der Waals surface area contributed by atoms with Crippen LogP contribution in [0.25, 0.3) is 10.4 Å². The maximum Gasteiger partial charge on any atom is 0.261 e. The molecular weight excluding hydrogens is 354 g/mol. The molecule has 3 aromatic rings. The molecular formula is C23H21NO2S. The molecule has 1 aliphatic heterocycles. The zero-order chi connectivity index (χ0) is 18.4. The molecule has 0 spiro atoms.